The summed E-state index contributed by atoms with van der Waals surface area (Å²) in [5.41, 5.74) is 1.48. The molecule has 6 aromatic carbocycles. The molecule has 0 aliphatic heterocycles. The van der Waals surface area contributed by atoms with E-state index in [1.807, 2.05) is 97.1 Å². The average Bonchev–Trinajstić information content (AvgIpc) is 3.04. The van der Waals surface area contributed by atoms with Gasteiger partial charge in [0.25, 0.3) is 0 Å². The molecule has 0 saturated heterocycles. The minimum atomic E-state index is -0.981. The molecule has 0 N–H and O–H groups in total. The first-order chi connectivity index (χ1) is 21.4. The van der Waals surface area contributed by atoms with Gasteiger partial charge in [-0.05, 0) is 69.1 Å². The van der Waals surface area contributed by atoms with Crippen LogP contribution in [0.4, 0.5) is 0 Å². The fourth-order valence-electron chi connectivity index (χ4n) is 6.01. The van der Waals surface area contributed by atoms with Gasteiger partial charge >= 0.3 is 11.9 Å². The SMILES string of the molecule is CO[C@@H](C(=O)O[C@H](C)[C@@H](C)OC(=O)[C@H](OC)c1c2ccccc2cc2ccccc12)c1c2ccccc2cc2ccccc12. The number of benzene rings is 6. The largest absolute Gasteiger partial charge is 0.457 e. The fourth-order valence-corrected chi connectivity index (χ4v) is 6.01. The highest BCUT2D eigenvalue weighted by Gasteiger charge is 2.32. The van der Waals surface area contributed by atoms with Crippen LogP contribution in [0.1, 0.15) is 37.2 Å². The van der Waals surface area contributed by atoms with Gasteiger partial charge < -0.3 is 18.9 Å². The van der Waals surface area contributed by atoms with Gasteiger partial charge in [0, 0.05) is 25.3 Å². The van der Waals surface area contributed by atoms with Crippen LogP contribution in [-0.4, -0.2) is 38.4 Å². The molecular formula is C38H34O6. The van der Waals surface area contributed by atoms with E-state index in [4.69, 9.17) is 18.9 Å². The zero-order valence-corrected chi connectivity index (χ0v) is 25.2. The Bertz CT molecular complexity index is 1740. The van der Waals surface area contributed by atoms with E-state index < -0.39 is 36.4 Å². The van der Waals surface area contributed by atoms with E-state index >= 15 is 0 Å². The molecule has 6 rings (SSSR count). The summed E-state index contributed by atoms with van der Waals surface area (Å²) < 4.78 is 23.3. The molecule has 6 aromatic rings. The van der Waals surface area contributed by atoms with Crippen molar-refractivity contribution >= 4 is 55.0 Å². The van der Waals surface area contributed by atoms with Crippen LogP contribution in [0.5, 0.6) is 0 Å². The molecular weight excluding hydrogens is 552 g/mol. The maximum Gasteiger partial charge on any atom is 0.340 e. The van der Waals surface area contributed by atoms with Gasteiger partial charge in [0.1, 0.15) is 12.2 Å². The third kappa shape index (κ3) is 5.39. The van der Waals surface area contributed by atoms with Gasteiger partial charge in [0.05, 0.1) is 0 Å². The smallest absolute Gasteiger partial charge is 0.340 e. The van der Waals surface area contributed by atoms with Crippen LogP contribution in [0.15, 0.2) is 109 Å². The Balaban J connectivity index is 1.25. The molecule has 0 aromatic heterocycles. The van der Waals surface area contributed by atoms with Crippen molar-refractivity contribution in [3.8, 4) is 0 Å². The van der Waals surface area contributed by atoms with Crippen LogP contribution < -0.4 is 0 Å². The number of fused-ring (bicyclic) bond motifs is 4. The standard InChI is InChI=1S/C38H34O6/c1-23(43-37(39)35(41-3)33-29-17-9-5-13-25(29)21-26-14-6-10-18-30(26)33)24(2)44-38(40)36(42-4)34-31-19-11-7-15-27(31)22-28-16-8-12-20-32(28)34/h5-24,35-36H,1-4H3/t23-,24-,35-,36-/m1/s1. The highest BCUT2D eigenvalue weighted by Crippen LogP contribution is 2.37. The van der Waals surface area contributed by atoms with Gasteiger partial charge in [-0.3, -0.25) is 0 Å². The Kier molecular flexibility index (Phi) is 8.29. The van der Waals surface area contributed by atoms with Crippen LogP contribution in [-0.2, 0) is 28.5 Å². The summed E-state index contributed by atoms with van der Waals surface area (Å²) in [6.07, 6.45) is -3.48. The van der Waals surface area contributed by atoms with Crippen LogP contribution in [0, 0.1) is 0 Å². The molecule has 0 saturated carbocycles. The maximum absolute atomic E-state index is 13.7. The molecule has 0 radical (unpaired) electrons. The van der Waals surface area contributed by atoms with Crippen LogP contribution in [0.2, 0.25) is 0 Å². The number of hydrogen-bond donors (Lipinski definition) is 0. The number of hydrogen-bond acceptors (Lipinski definition) is 6. The maximum atomic E-state index is 13.7. The van der Waals surface area contributed by atoms with Crippen LogP contribution in [0.25, 0.3) is 43.1 Å². The normalized spacial score (nSPS) is 14.4. The predicted molar refractivity (Wildman–Crippen MR) is 174 cm³/mol. The van der Waals surface area contributed by atoms with Crippen molar-refractivity contribution in [3.63, 3.8) is 0 Å². The van der Waals surface area contributed by atoms with E-state index in [-0.39, 0.29) is 0 Å². The second kappa shape index (κ2) is 12.4. The summed E-state index contributed by atoms with van der Waals surface area (Å²) in [6.45, 7) is 3.41. The number of esters is 2. The lowest BCUT2D eigenvalue weighted by Crippen LogP contribution is -2.34. The van der Waals surface area contributed by atoms with Gasteiger partial charge in [-0.2, -0.15) is 0 Å². The average molecular weight is 587 g/mol. The Hall–Kier alpha value is -4.78. The second-order valence-electron chi connectivity index (χ2n) is 11.0. The van der Waals surface area contributed by atoms with Crippen molar-refractivity contribution in [3.05, 3.63) is 120 Å². The Morgan fingerprint density at radius 3 is 1.02 bits per heavy atom. The Labute approximate surface area is 256 Å². The molecule has 0 bridgehead atoms. The number of rotatable bonds is 9. The van der Waals surface area contributed by atoms with Gasteiger partial charge in [-0.1, -0.05) is 97.1 Å². The molecule has 6 nitrogen and oxygen atoms in total. The van der Waals surface area contributed by atoms with Crippen molar-refractivity contribution in [1.82, 2.24) is 0 Å². The summed E-state index contributed by atoms with van der Waals surface area (Å²) >= 11 is 0. The van der Waals surface area contributed by atoms with Gasteiger partial charge in [-0.15, -0.1) is 0 Å². The van der Waals surface area contributed by atoms with E-state index in [1.54, 1.807) is 13.8 Å². The van der Waals surface area contributed by atoms with Gasteiger partial charge in [-0.25, -0.2) is 9.59 Å². The Morgan fingerprint density at radius 2 is 0.750 bits per heavy atom. The first-order valence-corrected chi connectivity index (χ1v) is 14.7. The minimum absolute atomic E-state index is 0.562. The summed E-state index contributed by atoms with van der Waals surface area (Å²) in [5, 5.41) is 7.63. The molecule has 6 heteroatoms. The number of ether oxygens (including phenoxy) is 4. The first-order valence-electron chi connectivity index (χ1n) is 14.7. The molecule has 0 heterocycles. The van der Waals surface area contributed by atoms with Crippen molar-refractivity contribution in [2.45, 2.75) is 38.3 Å². The van der Waals surface area contributed by atoms with E-state index in [2.05, 4.69) is 12.1 Å². The topological polar surface area (TPSA) is 71.1 Å². The first kappa shape index (κ1) is 29.3. The lowest BCUT2D eigenvalue weighted by atomic mass is 9.93. The van der Waals surface area contributed by atoms with E-state index in [0.717, 1.165) is 54.2 Å². The third-order valence-corrected chi connectivity index (χ3v) is 8.31. The highest BCUT2D eigenvalue weighted by molar-refractivity contribution is 6.06. The zero-order chi connectivity index (χ0) is 30.8. The molecule has 0 amide bonds. The summed E-state index contributed by atoms with van der Waals surface area (Å²) in [6, 6.07) is 35.8. The molecule has 0 aliphatic carbocycles. The molecule has 0 aliphatic rings. The van der Waals surface area contributed by atoms with E-state index in [0.29, 0.717) is 0 Å². The van der Waals surface area contributed by atoms with Crippen LogP contribution in [0.3, 0.4) is 0 Å². The minimum Gasteiger partial charge on any atom is -0.457 e. The molecule has 4 atom stereocenters. The number of carbonyl (C=O) groups is 2. The van der Waals surface area contributed by atoms with Crippen molar-refractivity contribution in [1.29, 1.82) is 0 Å². The second-order valence-corrected chi connectivity index (χ2v) is 11.0. The lowest BCUT2D eigenvalue weighted by molar-refractivity contribution is -0.177. The van der Waals surface area contributed by atoms with E-state index in [9.17, 15) is 9.59 Å². The van der Waals surface area contributed by atoms with Crippen molar-refractivity contribution < 1.29 is 28.5 Å². The van der Waals surface area contributed by atoms with Crippen LogP contribution >= 0.6 is 0 Å². The third-order valence-electron chi connectivity index (χ3n) is 8.31. The summed E-state index contributed by atoms with van der Waals surface area (Å²) in [5.74, 6) is -1.12. The monoisotopic (exact) mass is 586 g/mol. The summed E-state index contributed by atoms with van der Waals surface area (Å²) in [7, 11) is 2.99. The van der Waals surface area contributed by atoms with Gasteiger partial charge in [0.2, 0.25) is 0 Å². The molecule has 0 spiro atoms. The van der Waals surface area contributed by atoms with E-state index in [1.165, 1.54) is 14.2 Å². The lowest BCUT2D eigenvalue weighted by Gasteiger charge is -2.26. The van der Waals surface area contributed by atoms with Crippen molar-refractivity contribution in [2.75, 3.05) is 14.2 Å². The Morgan fingerprint density at radius 1 is 0.477 bits per heavy atom. The molecule has 44 heavy (non-hydrogen) atoms. The quantitative estimate of drug-likeness (QED) is 0.126. The highest BCUT2D eigenvalue weighted by atomic mass is 16.6. The van der Waals surface area contributed by atoms with Crippen molar-refractivity contribution in [2.24, 2.45) is 0 Å². The zero-order valence-electron chi connectivity index (χ0n) is 25.2. The number of methoxy groups -OCH3 is 2. The number of carbonyl (C=O) groups excluding carboxylic acids is 2. The fraction of sp³-hybridized carbons (Fsp3) is 0.211. The molecule has 0 unspecified atom stereocenters. The molecule has 0 fully saturated rings. The summed E-state index contributed by atoms with van der Waals surface area (Å²) in [4.78, 5) is 27.3. The predicted octanol–water partition coefficient (Wildman–Crippen LogP) is 8.24. The van der Waals surface area contributed by atoms with Gasteiger partial charge in [0.15, 0.2) is 12.2 Å². The molecule has 222 valence electrons.